The Morgan fingerprint density at radius 1 is 0.646 bits per heavy atom. The molecule has 21 heteroatoms. The van der Waals surface area contributed by atoms with Crippen molar-refractivity contribution in [2.45, 2.75) is 61.7 Å². The minimum absolute atomic E-state index is 0.0876. The highest BCUT2D eigenvalue weighted by Crippen LogP contribution is 2.39. The molecule has 2 heterocycles. The van der Waals surface area contributed by atoms with Crippen LogP contribution in [0, 0.1) is 0 Å². The lowest BCUT2D eigenvalue weighted by atomic mass is 9.98. The highest BCUT2D eigenvalue weighted by Gasteiger charge is 2.62. The lowest BCUT2D eigenvalue weighted by Crippen LogP contribution is -2.64. The molecule has 5 rings (SSSR count). The number of phenols is 3. The molecule has 2 fully saturated rings. The van der Waals surface area contributed by atoms with Gasteiger partial charge in [0.1, 0.15) is 37.6 Å². The highest BCUT2D eigenvalue weighted by atomic mass is 16.8. The second-order valence-corrected chi connectivity index (χ2v) is 14.2. The van der Waals surface area contributed by atoms with E-state index in [0.29, 0.717) is 16.7 Å². The van der Waals surface area contributed by atoms with E-state index < -0.39 is 98.5 Å². The van der Waals surface area contributed by atoms with Crippen molar-refractivity contribution in [1.82, 2.24) is 0 Å². The van der Waals surface area contributed by atoms with Gasteiger partial charge in [0.2, 0.25) is 12.1 Å². The SMILES string of the molecule is COc1cc(C=CC(=O)OC[C@H]2O[C@@](CO)(O[C@H]3O[C@H](CO)[C@@H](OC(=O)C=Cc4ccc(O)c(OC)c4)[C@H](O)[C@H]3OC(C)=O)[C@@H](OC(=O)C=Cc3ccc(O)c(OC)c3)[C@@H]2O)ccc1O. The van der Waals surface area contributed by atoms with Gasteiger partial charge in [-0.25, -0.2) is 14.4 Å². The molecule has 3 aromatic rings. The summed E-state index contributed by atoms with van der Waals surface area (Å²) in [5.41, 5.74) is 1.21. The molecule has 2 aliphatic heterocycles. The second kappa shape index (κ2) is 22.3. The Labute approximate surface area is 370 Å². The van der Waals surface area contributed by atoms with Crippen molar-refractivity contribution in [3.63, 3.8) is 0 Å². The molecule has 0 aromatic heterocycles. The summed E-state index contributed by atoms with van der Waals surface area (Å²) in [7, 11) is 3.98. The number of aromatic hydroxyl groups is 3. The Balaban J connectivity index is 1.40. The van der Waals surface area contributed by atoms with Crippen LogP contribution in [-0.2, 0) is 52.3 Å². The first-order chi connectivity index (χ1) is 31.0. The largest absolute Gasteiger partial charge is 0.504 e. The van der Waals surface area contributed by atoms with Crippen LogP contribution in [0.25, 0.3) is 18.2 Å². The molecule has 0 saturated carbocycles. The van der Waals surface area contributed by atoms with E-state index in [-0.39, 0.29) is 34.5 Å². The van der Waals surface area contributed by atoms with E-state index in [2.05, 4.69) is 0 Å². The monoisotopic (exact) mass is 912 g/mol. The van der Waals surface area contributed by atoms with Crippen LogP contribution in [0.5, 0.6) is 34.5 Å². The molecular weight excluding hydrogens is 864 g/mol. The topological polar surface area (TPSA) is 302 Å². The number of esters is 4. The molecule has 2 aliphatic rings. The number of hydrogen-bond acceptors (Lipinski definition) is 21. The second-order valence-electron chi connectivity index (χ2n) is 14.2. The minimum atomic E-state index is -2.65. The normalized spacial score (nSPS) is 25.4. The number of benzene rings is 3. The third kappa shape index (κ3) is 12.3. The maximum absolute atomic E-state index is 13.3. The number of aliphatic hydroxyl groups excluding tert-OH is 4. The summed E-state index contributed by atoms with van der Waals surface area (Å²) >= 11 is 0. The number of hydrogen-bond donors (Lipinski definition) is 7. The molecule has 21 nitrogen and oxygen atoms in total. The smallest absolute Gasteiger partial charge is 0.331 e. The fraction of sp³-hybridized carbons (Fsp3) is 0.364. The van der Waals surface area contributed by atoms with E-state index >= 15 is 0 Å². The number of rotatable bonds is 18. The van der Waals surface area contributed by atoms with Gasteiger partial charge in [0, 0.05) is 25.2 Å². The Kier molecular flexibility index (Phi) is 16.9. The first kappa shape index (κ1) is 49.3. The highest BCUT2D eigenvalue weighted by molar-refractivity contribution is 5.88. The standard InChI is InChI=1S/C44H48O21/c1-23(47)60-41-39(55)40(62-36(52)15-9-25-6-12-28(49)31(18-25)57-3)33(20-45)61-43(41)65-44(22-46)42(63-37(53)16-10-26-7-13-29(50)32(19-26)58-4)38(54)34(64-44)21-59-35(51)14-8-24-5-11-27(48)30(17-24)56-2/h5-19,33-34,38-43,45-46,48-50,54-55H,20-22H2,1-4H3/t33-,34-,38-,39+,40-,41-,42+,43-,44+/m1/s1. The summed E-state index contributed by atoms with van der Waals surface area (Å²) in [6.45, 7) is -1.96. The summed E-state index contributed by atoms with van der Waals surface area (Å²) in [6, 6.07) is 12.6. The van der Waals surface area contributed by atoms with Gasteiger partial charge < -0.3 is 83.1 Å². The first-order valence-electron chi connectivity index (χ1n) is 19.5. The van der Waals surface area contributed by atoms with Crippen LogP contribution in [-0.4, -0.2) is 156 Å². The Morgan fingerprint density at radius 2 is 1.12 bits per heavy atom. The Bertz CT molecular complexity index is 2250. The molecular formula is C44H48O21. The van der Waals surface area contributed by atoms with Crippen LogP contribution in [0.1, 0.15) is 23.6 Å². The van der Waals surface area contributed by atoms with E-state index in [4.69, 9.17) is 47.4 Å². The van der Waals surface area contributed by atoms with Gasteiger partial charge in [0.15, 0.2) is 52.8 Å². The van der Waals surface area contributed by atoms with E-state index in [9.17, 15) is 54.9 Å². The van der Waals surface area contributed by atoms with Crippen LogP contribution in [0.4, 0.5) is 0 Å². The molecule has 0 aliphatic carbocycles. The first-order valence-corrected chi connectivity index (χ1v) is 19.5. The molecule has 7 N–H and O–H groups in total. The van der Waals surface area contributed by atoms with Gasteiger partial charge in [-0.1, -0.05) is 18.2 Å². The minimum Gasteiger partial charge on any atom is -0.504 e. The van der Waals surface area contributed by atoms with E-state index in [0.717, 1.165) is 25.2 Å². The van der Waals surface area contributed by atoms with Gasteiger partial charge in [-0.3, -0.25) is 4.79 Å². The molecule has 0 bridgehead atoms. The van der Waals surface area contributed by atoms with Gasteiger partial charge in [0.05, 0.1) is 27.9 Å². The summed E-state index contributed by atoms with van der Waals surface area (Å²) < 4.78 is 54.7. The van der Waals surface area contributed by atoms with Gasteiger partial charge in [-0.15, -0.1) is 0 Å². The van der Waals surface area contributed by atoms with Gasteiger partial charge in [-0.05, 0) is 71.3 Å². The maximum atomic E-state index is 13.3. The summed E-state index contributed by atoms with van der Waals surface area (Å²) in [6.07, 6.45) is -8.01. The Morgan fingerprint density at radius 3 is 1.57 bits per heavy atom. The molecule has 350 valence electrons. The average molecular weight is 913 g/mol. The zero-order valence-corrected chi connectivity index (χ0v) is 35.2. The zero-order chi connectivity index (χ0) is 47.4. The van der Waals surface area contributed by atoms with Crippen LogP contribution in [0.3, 0.4) is 0 Å². The zero-order valence-electron chi connectivity index (χ0n) is 35.2. The van der Waals surface area contributed by atoms with Crippen molar-refractivity contribution in [2.24, 2.45) is 0 Å². The number of carbonyl (C=O) groups excluding carboxylic acids is 4. The van der Waals surface area contributed by atoms with Crippen molar-refractivity contribution >= 4 is 42.1 Å². The number of methoxy groups -OCH3 is 3. The summed E-state index contributed by atoms with van der Waals surface area (Å²) in [5.74, 6) is -6.94. The fourth-order valence-corrected chi connectivity index (χ4v) is 6.63. The van der Waals surface area contributed by atoms with Crippen molar-refractivity contribution in [2.75, 3.05) is 41.2 Å². The van der Waals surface area contributed by atoms with Gasteiger partial charge >= 0.3 is 23.9 Å². The quantitative estimate of drug-likeness (QED) is 0.0534. The van der Waals surface area contributed by atoms with E-state index in [1.54, 1.807) is 0 Å². The lowest BCUT2D eigenvalue weighted by molar-refractivity contribution is -0.383. The molecule has 0 spiro atoms. The molecule has 0 amide bonds. The average Bonchev–Trinajstić information content (AvgIpc) is 3.55. The molecule has 65 heavy (non-hydrogen) atoms. The van der Waals surface area contributed by atoms with Crippen LogP contribution < -0.4 is 14.2 Å². The van der Waals surface area contributed by atoms with Crippen LogP contribution in [0.15, 0.2) is 72.8 Å². The number of aliphatic hydroxyl groups is 4. The number of carbonyl (C=O) groups is 4. The molecule has 3 aromatic carbocycles. The van der Waals surface area contributed by atoms with Crippen molar-refractivity contribution in [3.8, 4) is 34.5 Å². The molecule has 9 atom stereocenters. The number of ether oxygens (including phenoxy) is 10. The van der Waals surface area contributed by atoms with Crippen LogP contribution in [0.2, 0.25) is 0 Å². The number of phenolic OH excluding ortho intramolecular Hbond substituents is 3. The van der Waals surface area contributed by atoms with E-state index in [1.165, 1.54) is 94.2 Å². The van der Waals surface area contributed by atoms with Crippen molar-refractivity contribution < 1.29 is 102 Å². The van der Waals surface area contributed by atoms with Gasteiger partial charge in [0.25, 0.3) is 0 Å². The van der Waals surface area contributed by atoms with Crippen molar-refractivity contribution in [3.05, 3.63) is 89.5 Å². The van der Waals surface area contributed by atoms with Crippen molar-refractivity contribution in [1.29, 1.82) is 0 Å². The molecule has 0 unspecified atom stereocenters. The molecule has 2 saturated heterocycles. The third-order valence-electron chi connectivity index (χ3n) is 9.84. The van der Waals surface area contributed by atoms with E-state index in [1.807, 2.05) is 0 Å². The summed E-state index contributed by atoms with van der Waals surface area (Å²) in [4.78, 5) is 51.5. The fourth-order valence-electron chi connectivity index (χ4n) is 6.63. The predicted molar refractivity (Wildman–Crippen MR) is 221 cm³/mol. The Hall–Kier alpha value is -6.72. The van der Waals surface area contributed by atoms with Crippen LogP contribution >= 0.6 is 0 Å². The van der Waals surface area contributed by atoms with Gasteiger partial charge in [-0.2, -0.15) is 0 Å². The maximum Gasteiger partial charge on any atom is 0.331 e. The predicted octanol–water partition coefficient (Wildman–Crippen LogP) is 1.11. The third-order valence-corrected chi connectivity index (χ3v) is 9.84. The molecule has 0 radical (unpaired) electrons. The lowest BCUT2D eigenvalue weighted by Gasteiger charge is -2.45. The summed E-state index contributed by atoms with van der Waals surface area (Å²) in [5, 5.41) is 74.0.